The van der Waals surface area contributed by atoms with E-state index in [0.717, 1.165) is 15.7 Å². The molecule has 0 heterocycles. The van der Waals surface area contributed by atoms with Crippen LogP contribution in [0.1, 0.15) is 12.5 Å². The van der Waals surface area contributed by atoms with E-state index in [4.69, 9.17) is 17.0 Å². The maximum absolute atomic E-state index is 5.23. The number of nitrogens with one attached hydrogen (secondary N) is 2. The third kappa shape index (κ3) is 5.02. The van der Waals surface area contributed by atoms with Gasteiger partial charge in [-0.2, -0.15) is 0 Å². The third-order valence-corrected chi connectivity index (χ3v) is 2.94. The fourth-order valence-corrected chi connectivity index (χ4v) is 2.23. The van der Waals surface area contributed by atoms with Crippen LogP contribution < -0.4 is 10.6 Å². The highest BCUT2D eigenvalue weighted by Crippen LogP contribution is 2.19. The lowest BCUT2D eigenvalue weighted by molar-refractivity contribution is 0.179. The smallest absolute Gasteiger partial charge is 0.171 e. The van der Waals surface area contributed by atoms with Gasteiger partial charge in [-0.05, 0) is 49.8 Å². The van der Waals surface area contributed by atoms with Gasteiger partial charge >= 0.3 is 0 Å². The van der Waals surface area contributed by atoms with Crippen molar-refractivity contribution in [3.05, 3.63) is 28.2 Å². The molecule has 0 saturated carbocycles. The molecule has 1 atom stereocenters. The van der Waals surface area contributed by atoms with E-state index in [1.807, 2.05) is 32.0 Å². The van der Waals surface area contributed by atoms with Gasteiger partial charge in [0.1, 0.15) is 0 Å². The largest absolute Gasteiger partial charge is 0.383 e. The van der Waals surface area contributed by atoms with Gasteiger partial charge in [-0.1, -0.05) is 15.9 Å². The molecule has 1 unspecified atom stereocenters. The molecule has 0 radical (unpaired) electrons. The predicted octanol–water partition coefficient (Wildman–Crippen LogP) is 3.08. The van der Waals surface area contributed by atoms with Crippen LogP contribution in [-0.4, -0.2) is 24.9 Å². The number of aryl methyl sites for hydroxylation is 1. The lowest BCUT2D eigenvalue weighted by Gasteiger charge is -2.17. The van der Waals surface area contributed by atoms with E-state index in [9.17, 15) is 0 Å². The van der Waals surface area contributed by atoms with Crippen molar-refractivity contribution in [2.24, 2.45) is 0 Å². The summed E-state index contributed by atoms with van der Waals surface area (Å²) in [4.78, 5) is 0. The Hall–Kier alpha value is -0.650. The first-order valence-electron chi connectivity index (χ1n) is 5.35. The molecule has 1 aromatic rings. The highest BCUT2D eigenvalue weighted by molar-refractivity contribution is 9.10. The Labute approximate surface area is 116 Å². The third-order valence-electron chi connectivity index (χ3n) is 2.23. The van der Waals surface area contributed by atoms with E-state index in [-0.39, 0.29) is 6.04 Å². The summed E-state index contributed by atoms with van der Waals surface area (Å²) in [6, 6.07) is 6.21. The molecule has 94 valence electrons. The number of thiocarbonyl (C=S) groups is 1. The van der Waals surface area contributed by atoms with Crippen molar-refractivity contribution in [1.82, 2.24) is 5.32 Å². The molecule has 3 nitrogen and oxygen atoms in total. The molecule has 5 heteroatoms. The van der Waals surface area contributed by atoms with Crippen molar-refractivity contribution in [3.63, 3.8) is 0 Å². The molecule has 0 spiro atoms. The van der Waals surface area contributed by atoms with E-state index < -0.39 is 0 Å². The Kier molecular flexibility index (Phi) is 5.88. The Bertz CT molecular complexity index is 398. The molecule has 0 aliphatic carbocycles. The number of rotatable bonds is 4. The van der Waals surface area contributed by atoms with Crippen LogP contribution in [0.25, 0.3) is 0 Å². The first-order chi connectivity index (χ1) is 8.02. The Morgan fingerprint density at radius 3 is 2.82 bits per heavy atom. The van der Waals surface area contributed by atoms with Crippen LogP contribution >= 0.6 is 28.1 Å². The Morgan fingerprint density at radius 1 is 1.53 bits per heavy atom. The minimum absolute atomic E-state index is 0.191. The summed E-state index contributed by atoms with van der Waals surface area (Å²) < 4.78 is 6.10. The number of ether oxygens (including phenoxy) is 1. The summed E-state index contributed by atoms with van der Waals surface area (Å²) in [5, 5.41) is 6.94. The van der Waals surface area contributed by atoms with Gasteiger partial charge in [0.2, 0.25) is 0 Å². The van der Waals surface area contributed by atoms with Crippen LogP contribution in [0.3, 0.4) is 0 Å². The number of benzene rings is 1. The van der Waals surface area contributed by atoms with Crippen LogP contribution in [0.15, 0.2) is 22.7 Å². The van der Waals surface area contributed by atoms with Crippen molar-refractivity contribution in [2.75, 3.05) is 19.0 Å². The van der Waals surface area contributed by atoms with Crippen molar-refractivity contribution < 1.29 is 4.74 Å². The van der Waals surface area contributed by atoms with E-state index in [1.165, 1.54) is 0 Å². The first kappa shape index (κ1) is 14.4. The summed E-state index contributed by atoms with van der Waals surface area (Å²) in [7, 11) is 1.67. The van der Waals surface area contributed by atoms with Gasteiger partial charge in [0.15, 0.2) is 5.11 Å². The van der Waals surface area contributed by atoms with Crippen molar-refractivity contribution in [2.45, 2.75) is 19.9 Å². The van der Waals surface area contributed by atoms with Gasteiger partial charge in [0, 0.05) is 23.3 Å². The van der Waals surface area contributed by atoms with Gasteiger partial charge in [-0.3, -0.25) is 0 Å². The molecule has 0 aliphatic rings. The van der Waals surface area contributed by atoms with E-state index in [2.05, 4.69) is 26.6 Å². The van der Waals surface area contributed by atoms with Crippen LogP contribution in [0, 0.1) is 6.92 Å². The second-order valence-electron chi connectivity index (χ2n) is 3.91. The summed E-state index contributed by atoms with van der Waals surface area (Å²) >= 11 is 8.66. The molecule has 0 aliphatic heterocycles. The predicted molar refractivity (Wildman–Crippen MR) is 79.6 cm³/mol. The van der Waals surface area contributed by atoms with Crippen LogP contribution in [-0.2, 0) is 4.74 Å². The number of halogens is 1. The zero-order valence-electron chi connectivity index (χ0n) is 10.2. The Morgan fingerprint density at radius 2 is 2.24 bits per heavy atom. The fourth-order valence-electron chi connectivity index (χ4n) is 1.44. The number of methoxy groups -OCH3 is 1. The Balaban J connectivity index is 2.56. The molecule has 0 fully saturated rings. The molecule has 0 saturated heterocycles. The molecule has 0 bridgehead atoms. The standard InChI is InChI=1S/C12H17BrN2OS/c1-8-6-10(13)4-5-11(8)15-12(17)14-9(2)7-16-3/h4-6,9H,7H2,1-3H3,(H2,14,15,17). The molecule has 17 heavy (non-hydrogen) atoms. The average Bonchev–Trinajstić information content (AvgIpc) is 2.22. The van der Waals surface area contributed by atoms with Crippen LogP contribution in [0.2, 0.25) is 0 Å². The number of hydrogen-bond donors (Lipinski definition) is 2. The molecular formula is C12H17BrN2OS. The SMILES string of the molecule is COCC(C)NC(=S)Nc1ccc(Br)cc1C. The maximum Gasteiger partial charge on any atom is 0.171 e. The average molecular weight is 317 g/mol. The maximum atomic E-state index is 5.23. The van der Waals surface area contributed by atoms with Crippen molar-refractivity contribution in [3.8, 4) is 0 Å². The lowest BCUT2D eigenvalue weighted by Crippen LogP contribution is -2.38. The first-order valence-corrected chi connectivity index (χ1v) is 6.55. The number of hydrogen-bond acceptors (Lipinski definition) is 2. The topological polar surface area (TPSA) is 33.3 Å². The highest BCUT2D eigenvalue weighted by Gasteiger charge is 2.05. The van der Waals surface area contributed by atoms with Crippen molar-refractivity contribution >= 4 is 38.9 Å². The molecule has 0 amide bonds. The van der Waals surface area contributed by atoms with Gasteiger partial charge in [0.05, 0.1) is 6.61 Å². The lowest BCUT2D eigenvalue weighted by atomic mass is 10.2. The zero-order valence-corrected chi connectivity index (χ0v) is 12.6. The normalized spacial score (nSPS) is 12.0. The summed E-state index contributed by atoms with van der Waals surface area (Å²) in [6.07, 6.45) is 0. The van der Waals surface area contributed by atoms with E-state index >= 15 is 0 Å². The summed E-state index contributed by atoms with van der Waals surface area (Å²) in [6.45, 7) is 4.68. The number of anilines is 1. The summed E-state index contributed by atoms with van der Waals surface area (Å²) in [5.74, 6) is 0. The van der Waals surface area contributed by atoms with Crippen LogP contribution in [0.4, 0.5) is 5.69 Å². The second kappa shape index (κ2) is 6.93. The molecule has 1 rings (SSSR count). The van der Waals surface area contributed by atoms with Gasteiger partial charge < -0.3 is 15.4 Å². The summed E-state index contributed by atoms with van der Waals surface area (Å²) in [5.41, 5.74) is 2.15. The van der Waals surface area contributed by atoms with E-state index in [0.29, 0.717) is 11.7 Å². The van der Waals surface area contributed by atoms with Crippen molar-refractivity contribution in [1.29, 1.82) is 0 Å². The quantitative estimate of drug-likeness (QED) is 0.836. The molecule has 2 N–H and O–H groups in total. The zero-order chi connectivity index (χ0) is 12.8. The molecule has 0 aromatic heterocycles. The molecular weight excluding hydrogens is 300 g/mol. The monoisotopic (exact) mass is 316 g/mol. The van der Waals surface area contributed by atoms with Gasteiger partial charge in [0.25, 0.3) is 0 Å². The fraction of sp³-hybridized carbons (Fsp3) is 0.417. The highest BCUT2D eigenvalue weighted by atomic mass is 79.9. The minimum Gasteiger partial charge on any atom is -0.383 e. The molecule has 1 aromatic carbocycles. The second-order valence-corrected chi connectivity index (χ2v) is 5.24. The van der Waals surface area contributed by atoms with E-state index in [1.54, 1.807) is 7.11 Å². The van der Waals surface area contributed by atoms with Crippen LogP contribution in [0.5, 0.6) is 0 Å². The van der Waals surface area contributed by atoms with Gasteiger partial charge in [-0.15, -0.1) is 0 Å². The minimum atomic E-state index is 0.191. The van der Waals surface area contributed by atoms with Gasteiger partial charge in [-0.25, -0.2) is 0 Å².